The van der Waals surface area contributed by atoms with Crippen molar-refractivity contribution in [2.45, 2.75) is 0 Å². The molecule has 4 nitrogen and oxygen atoms in total. The van der Waals surface area contributed by atoms with Gasteiger partial charge in [-0.1, -0.05) is 72.8 Å². The summed E-state index contributed by atoms with van der Waals surface area (Å²) in [7, 11) is 0. The summed E-state index contributed by atoms with van der Waals surface area (Å²) in [6.07, 6.45) is 0. The van der Waals surface area contributed by atoms with Crippen LogP contribution in [0.2, 0.25) is 0 Å². The molecule has 0 unspecified atom stereocenters. The summed E-state index contributed by atoms with van der Waals surface area (Å²) in [6, 6.07) is 44.4. The fourth-order valence-electron chi connectivity index (χ4n) is 6.32. The highest BCUT2D eigenvalue weighted by atomic mass is 16.3. The van der Waals surface area contributed by atoms with Crippen LogP contribution in [0, 0.1) is 0 Å². The molecule has 0 saturated carbocycles. The molecular formula is C36H24N2O2. The molecule has 0 fully saturated rings. The Morgan fingerprint density at radius 2 is 0.725 bits per heavy atom. The molecule has 0 amide bonds. The Balaban J connectivity index is 1.58. The standard InChI is InChI=1S/C36H24N2O2/c39-31-21-19-29-33(25-15-7-9-17-27(25)37(29)23-11-3-1-4-12-23)35(31)36-32(40)22-20-30-34(36)26-16-8-10-18-28(26)38(30)24-13-5-2-6-14-24/h1-22,39-40H. The van der Waals surface area contributed by atoms with E-state index in [1.54, 1.807) is 12.1 Å². The Labute approximate surface area is 230 Å². The predicted molar refractivity (Wildman–Crippen MR) is 164 cm³/mol. The third kappa shape index (κ3) is 3.07. The number of fused-ring (bicyclic) bond motifs is 6. The topological polar surface area (TPSA) is 50.3 Å². The first kappa shape index (κ1) is 22.5. The van der Waals surface area contributed by atoms with E-state index in [1.807, 2.05) is 72.8 Å². The molecule has 2 heterocycles. The van der Waals surface area contributed by atoms with Crippen LogP contribution < -0.4 is 0 Å². The van der Waals surface area contributed by atoms with E-state index in [1.165, 1.54) is 0 Å². The molecule has 6 aromatic carbocycles. The van der Waals surface area contributed by atoms with Gasteiger partial charge in [-0.25, -0.2) is 0 Å². The van der Waals surface area contributed by atoms with Gasteiger partial charge in [0.15, 0.2) is 0 Å². The maximum atomic E-state index is 11.6. The fraction of sp³-hybridized carbons (Fsp3) is 0. The predicted octanol–water partition coefficient (Wildman–Crippen LogP) is 8.96. The summed E-state index contributed by atoms with van der Waals surface area (Å²) in [5, 5.41) is 26.9. The van der Waals surface area contributed by atoms with E-state index in [-0.39, 0.29) is 11.5 Å². The number of benzene rings is 6. The molecule has 0 aliphatic heterocycles. The largest absolute Gasteiger partial charge is 0.507 e. The van der Waals surface area contributed by atoms with Gasteiger partial charge < -0.3 is 19.3 Å². The first-order chi connectivity index (χ1) is 19.7. The van der Waals surface area contributed by atoms with Gasteiger partial charge in [-0.3, -0.25) is 0 Å². The summed E-state index contributed by atoms with van der Waals surface area (Å²) in [6.45, 7) is 0. The van der Waals surface area contributed by atoms with Gasteiger partial charge in [0.1, 0.15) is 11.5 Å². The van der Waals surface area contributed by atoms with Gasteiger partial charge in [-0.05, 0) is 60.7 Å². The number of para-hydroxylation sites is 4. The normalized spacial score (nSPS) is 11.7. The van der Waals surface area contributed by atoms with E-state index in [4.69, 9.17) is 0 Å². The number of aromatic nitrogens is 2. The molecule has 8 rings (SSSR count). The summed E-state index contributed by atoms with van der Waals surface area (Å²) in [4.78, 5) is 0. The number of hydrogen-bond donors (Lipinski definition) is 2. The van der Waals surface area contributed by atoms with Crippen molar-refractivity contribution < 1.29 is 10.2 Å². The minimum atomic E-state index is 0.128. The average molecular weight is 517 g/mol. The highest BCUT2D eigenvalue weighted by Crippen LogP contribution is 2.50. The second kappa shape index (κ2) is 8.52. The lowest BCUT2D eigenvalue weighted by molar-refractivity contribution is 0.470. The molecule has 0 spiro atoms. The number of rotatable bonds is 3. The first-order valence-electron chi connectivity index (χ1n) is 13.3. The van der Waals surface area contributed by atoms with Crippen molar-refractivity contribution in [3.8, 4) is 34.0 Å². The highest BCUT2D eigenvalue weighted by Gasteiger charge is 2.25. The van der Waals surface area contributed by atoms with Crippen molar-refractivity contribution in [2.24, 2.45) is 0 Å². The van der Waals surface area contributed by atoms with Crippen molar-refractivity contribution >= 4 is 43.6 Å². The van der Waals surface area contributed by atoms with Crippen LogP contribution in [0.3, 0.4) is 0 Å². The quantitative estimate of drug-likeness (QED) is 0.246. The number of hydrogen-bond acceptors (Lipinski definition) is 2. The molecule has 2 aromatic heterocycles. The fourth-order valence-corrected chi connectivity index (χ4v) is 6.32. The van der Waals surface area contributed by atoms with E-state index in [2.05, 4.69) is 57.7 Å². The van der Waals surface area contributed by atoms with Gasteiger partial charge in [0, 0.05) is 44.0 Å². The average Bonchev–Trinajstić information content (AvgIpc) is 3.52. The molecular weight excluding hydrogens is 492 g/mol. The maximum absolute atomic E-state index is 11.6. The molecule has 4 heteroatoms. The molecule has 0 aliphatic rings. The van der Waals surface area contributed by atoms with E-state index in [9.17, 15) is 10.2 Å². The van der Waals surface area contributed by atoms with Crippen molar-refractivity contribution in [1.82, 2.24) is 9.13 Å². The second-order valence-corrected chi connectivity index (χ2v) is 10.1. The molecule has 0 saturated heterocycles. The molecule has 0 atom stereocenters. The van der Waals surface area contributed by atoms with Crippen molar-refractivity contribution in [2.75, 3.05) is 0 Å². The highest BCUT2D eigenvalue weighted by molar-refractivity contribution is 6.24. The lowest BCUT2D eigenvalue weighted by atomic mass is 9.93. The Bertz CT molecular complexity index is 2060. The minimum Gasteiger partial charge on any atom is -0.507 e. The molecule has 0 bridgehead atoms. The summed E-state index contributed by atoms with van der Waals surface area (Å²) in [5.41, 5.74) is 7.32. The molecule has 40 heavy (non-hydrogen) atoms. The lowest BCUT2D eigenvalue weighted by Gasteiger charge is -2.13. The second-order valence-electron chi connectivity index (χ2n) is 10.1. The Kier molecular flexibility index (Phi) is 4.79. The number of nitrogens with zero attached hydrogens (tertiary/aromatic N) is 2. The SMILES string of the molecule is Oc1ccc2c(c1-c1c(O)ccc3c1c1ccccc1n3-c1ccccc1)c1ccccc1n2-c1ccccc1. The van der Waals surface area contributed by atoms with Crippen molar-refractivity contribution in [3.05, 3.63) is 133 Å². The van der Waals surface area contributed by atoms with Crippen LogP contribution in [0.5, 0.6) is 11.5 Å². The molecule has 2 N–H and O–H groups in total. The van der Waals surface area contributed by atoms with Crippen molar-refractivity contribution in [1.29, 1.82) is 0 Å². The van der Waals surface area contributed by atoms with Gasteiger partial charge >= 0.3 is 0 Å². The molecule has 0 aliphatic carbocycles. The zero-order chi connectivity index (χ0) is 26.8. The number of aromatic hydroxyl groups is 2. The van der Waals surface area contributed by atoms with E-state index in [0.29, 0.717) is 11.1 Å². The van der Waals surface area contributed by atoms with E-state index < -0.39 is 0 Å². The lowest BCUT2D eigenvalue weighted by Crippen LogP contribution is -1.94. The van der Waals surface area contributed by atoms with Gasteiger partial charge in [-0.2, -0.15) is 0 Å². The van der Waals surface area contributed by atoms with Crippen molar-refractivity contribution in [3.63, 3.8) is 0 Å². The zero-order valence-electron chi connectivity index (χ0n) is 21.5. The summed E-state index contributed by atoms with van der Waals surface area (Å²) >= 11 is 0. The van der Waals surface area contributed by atoms with Crippen LogP contribution in [0.25, 0.3) is 66.1 Å². The van der Waals surface area contributed by atoms with Crippen LogP contribution in [-0.4, -0.2) is 19.3 Å². The van der Waals surface area contributed by atoms with Gasteiger partial charge in [0.05, 0.1) is 22.1 Å². The van der Waals surface area contributed by atoms with E-state index in [0.717, 1.165) is 55.0 Å². The molecule has 190 valence electrons. The van der Waals surface area contributed by atoms with Crippen LogP contribution in [0.1, 0.15) is 0 Å². The Morgan fingerprint density at radius 3 is 1.15 bits per heavy atom. The molecule has 0 radical (unpaired) electrons. The van der Waals surface area contributed by atoms with Gasteiger partial charge in [0.2, 0.25) is 0 Å². The minimum absolute atomic E-state index is 0.128. The Morgan fingerprint density at radius 1 is 0.350 bits per heavy atom. The summed E-state index contributed by atoms with van der Waals surface area (Å²) in [5.74, 6) is 0.255. The molecule has 8 aromatic rings. The third-order valence-corrected chi connectivity index (χ3v) is 7.91. The van der Waals surface area contributed by atoms with Crippen LogP contribution in [-0.2, 0) is 0 Å². The Hall–Kier alpha value is -5.48. The zero-order valence-corrected chi connectivity index (χ0v) is 21.5. The third-order valence-electron chi connectivity index (χ3n) is 7.91. The number of phenolic OH excluding ortho intramolecular Hbond substituents is 2. The first-order valence-corrected chi connectivity index (χ1v) is 13.3. The monoisotopic (exact) mass is 516 g/mol. The smallest absolute Gasteiger partial charge is 0.124 e. The maximum Gasteiger partial charge on any atom is 0.124 e. The van der Waals surface area contributed by atoms with E-state index >= 15 is 0 Å². The van der Waals surface area contributed by atoms with Gasteiger partial charge in [-0.15, -0.1) is 0 Å². The van der Waals surface area contributed by atoms with Gasteiger partial charge in [0.25, 0.3) is 0 Å². The summed E-state index contributed by atoms with van der Waals surface area (Å²) < 4.78 is 4.44. The number of phenols is 2. The van der Waals surface area contributed by atoms with Crippen LogP contribution in [0.4, 0.5) is 0 Å². The van der Waals surface area contributed by atoms with Crippen LogP contribution in [0.15, 0.2) is 133 Å². The van der Waals surface area contributed by atoms with Crippen LogP contribution >= 0.6 is 0 Å².